The zero-order valence-electron chi connectivity index (χ0n) is 27.5. The lowest BCUT2D eigenvalue weighted by Gasteiger charge is -2.23. The Hall–Kier alpha value is -5.42. The smallest absolute Gasteiger partial charge is 0.488 e. The summed E-state index contributed by atoms with van der Waals surface area (Å²) in [4.78, 5) is 45.2. The summed E-state index contributed by atoms with van der Waals surface area (Å²) >= 11 is 0. The average molecular weight is 654 g/mol. The van der Waals surface area contributed by atoms with Gasteiger partial charge in [-0.2, -0.15) is 0 Å². The topological polar surface area (TPSA) is 118 Å². The van der Waals surface area contributed by atoms with Crippen LogP contribution in [0, 0.1) is 0 Å². The van der Waals surface area contributed by atoms with Crippen LogP contribution in [0.3, 0.4) is 0 Å². The van der Waals surface area contributed by atoms with Crippen LogP contribution in [0.2, 0.25) is 0 Å². The van der Waals surface area contributed by atoms with Crippen molar-refractivity contribution in [1.82, 2.24) is 14.5 Å². The number of carbonyl (C=O) groups is 3. The third-order valence-electron chi connectivity index (χ3n) is 7.48. The van der Waals surface area contributed by atoms with Crippen molar-refractivity contribution in [3.05, 3.63) is 102 Å². The van der Waals surface area contributed by atoms with Crippen LogP contribution in [0.5, 0.6) is 11.6 Å². The van der Waals surface area contributed by atoms with E-state index in [2.05, 4.69) is 4.98 Å². The lowest BCUT2D eigenvalue weighted by molar-refractivity contribution is -0.149. The quantitative estimate of drug-likeness (QED) is 0.125. The van der Waals surface area contributed by atoms with Gasteiger partial charge in [0.15, 0.2) is 0 Å². The first-order chi connectivity index (χ1) is 23.3. The van der Waals surface area contributed by atoms with Gasteiger partial charge < -0.3 is 33.2 Å². The van der Waals surface area contributed by atoms with Crippen LogP contribution in [0.4, 0.5) is 4.79 Å². The van der Waals surface area contributed by atoms with E-state index < -0.39 is 18.2 Å². The molecule has 5 aromatic rings. The van der Waals surface area contributed by atoms with Crippen molar-refractivity contribution in [2.75, 3.05) is 20.3 Å². The van der Waals surface area contributed by atoms with E-state index in [-0.39, 0.29) is 44.6 Å². The minimum atomic E-state index is -0.899. The molecule has 0 radical (unpaired) electrons. The molecule has 3 aromatic carbocycles. The van der Waals surface area contributed by atoms with E-state index in [9.17, 15) is 14.4 Å². The van der Waals surface area contributed by atoms with E-state index in [1.165, 1.54) is 12.0 Å². The fraction of sp³-hybridized carbons (Fsp3) is 0.297. The molecule has 11 heteroatoms. The number of carbonyl (C=O) groups excluding carboxylic acids is 3. The predicted molar refractivity (Wildman–Crippen MR) is 179 cm³/mol. The number of methoxy groups -OCH3 is 1. The van der Waals surface area contributed by atoms with Crippen LogP contribution in [0.25, 0.3) is 21.8 Å². The first kappa shape index (κ1) is 33.9. The van der Waals surface area contributed by atoms with Crippen molar-refractivity contribution in [3.8, 4) is 11.6 Å². The third kappa shape index (κ3) is 8.10. The molecule has 11 nitrogen and oxygen atoms in total. The Kier molecular flexibility index (Phi) is 11.3. The molecule has 0 aliphatic carbocycles. The Labute approximate surface area is 278 Å². The second-order valence-corrected chi connectivity index (χ2v) is 11.3. The molecule has 5 rings (SSSR count). The fourth-order valence-electron chi connectivity index (χ4n) is 5.45. The number of hydrogen-bond donors (Lipinski definition) is 0. The van der Waals surface area contributed by atoms with E-state index in [1.807, 2.05) is 83.4 Å². The number of aromatic nitrogens is 2. The molecule has 2 heterocycles. The van der Waals surface area contributed by atoms with Crippen molar-refractivity contribution in [3.63, 3.8) is 0 Å². The molecule has 2 aromatic heterocycles. The van der Waals surface area contributed by atoms with Gasteiger partial charge in [0.1, 0.15) is 25.4 Å². The average Bonchev–Trinajstić information content (AvgIpc) is 3.39. The SMILES string of the molecule is CCOC(=O)CN(Cc1ccccc1)C(=O)Cn1c2cccc(OCc3ccccc3)c2c2c(COC)c(OC(=O)OC(C)C)ncc21. The molecule has 48 heavy (non-hydrogen) atoms. The number of benzene rings is 3. The first-order valence-electron chi connectivity index (χ1n) is 15.7. The summed E-state index contributed by atoms with van der Waals surface area (Å²) in [6.45, 7) is 5.57. The molecular formula is C37H39N3O8. The molecule has 0 atom stereocenters. The van der Waals surface area contributed by atoms with Crippen LogP contribution >= 0.6 is 0 Å². The summed E-state index contributed by atoms with van der Waals surface area (Å²) in [5.41, 5.74) is 3.59. The third-order valence-corrected chi connectivity index (χ3v) is 7.48. The van der Waals surface area contributed by atoms with Crippen LogP contribution in [0.1, 0.15) is 37.5 Å². The Morgan fingerprint density at radius 2 is 1.56 bits per heavy atom. The van der Waals surface area contributed by atoms with E-state index in [1.54, 1.807) is 27.0 Å². The molecule has 1 amide bonds. The molecule has 250 valence electrons. The summed E-state index contributed by atoms with van der Waals surface area (Å²) in [5, 5.41) is 1.33. The van der Waals surface area contributed by atoms with Crippen LogP contribution in [-0.2, 0) is 50.1 Å². The molecule has 0 saturated heterocycles. The van der Waals surface area contributed by atoms with Gasteiger partial charge in [0.25, 0.3) is 0 Å². The highest BCUT2D eigenvalue weighted by atomic mass is 16.7. The van der Waals surface area contributed by atoms with Gasteiger partial charge in [0.05, 0.1) is 47.5 Å². The number of rotatable bonds is 14. The van der Waals surface area contributed by atoms with E-state index in [0.29, 0.717) is 39.7 Å². The van der Waals surface area contributed by atoms with Gasteiger partial charge in [0.2, 0.25) is 11.8 Å². The number of amides is 1. The summed E-state index contributed by atoms with van der Waals surface area (Å²) in [6, 6.07) is 24.8. The maximum absolute atomic E-state index is 14.1. The second-order valence-electron chi connectivity index (χ2n) is 11.3. The minimum Gasteiger partial charge on any atom is -0.488 e. The van der Waals surface area contributed by atoms with Gasteiger partial charge in [-0.15, -0.1) is 0 Å². The monoisotopic (exact) mass is 653 g/mol. The van der Waals surface area contributed by atoms with Crippen molar-refractivity contribution in [2.24, 2.45) is 0 Å². The fourth-order valence-corrected chi connectivity index (χ4v) is 5.45. The molecular weight excluding hydrogens is 614 g/mol. The van der Waals surface area contributed by atoms with Crippen LogP contribution in [-0.4, -0.2) is 58.8 Å². The van der Waals surface area contributed by atoms with Crippen molar-refractivity contribution in [1.29, 1.82) is 0 Å². The van der Waals surface area contributed by atoms with Gasteiger partial charge in [-0.05, 0) is 44.0 Å². The number of ether oxygens (including phenoxy) is 5. The van der Waals surface area contributed by atoms with Crippen molar-refractivity contribution in [2.45, 2.75) is 53.2 Å². The number of hydrogen-bond acceptors (Lipinski definition) is 9. The normalized spacial score (nSPS) is 11.1. The van der Waals surface area contributed by atoms with Gasteiger partial charge in [0, 0.05) is 19.0 Å². The van der Waals surface area contributed by atoms with Crippen LogP contribution in [0.15, 0.2) is 85.1 Å². The zero-order chi connectivity index (χ0) is 34.0. The lowest BCUT2D eigenvalue weighted by Crippen LogP contribution is -2.38. The molecule has 0 bridgehead atoms. The summed E-state index contributed by atoms with van der Waals surface area (Å²) in [6.07, 6.45) is 0.254. The first-order valence-corrected chi connectivity index (χ1v) is 15.7. The largest absolute Gasteiger partial charge is 0.515 e. The van der Waals surface area contributed by atoms with Crippen LogP contribution < -0.4 is 9.47 Å². The number of fused-ring (bicyclic) bond motifs is 3. The van der Waals surface area contributed by atoms with E-state index >= 15 is 0 Å². The number of pyridine rings is 1. The van der Waals surface area contributed by atoms with Gasteiger partial charge in [-0.1, -0.05) is 66.7 Å². The summed E-state index contributed by atoms with van der Waals surface area (Å²) in [5.74, 6) is -0.235. The lowest BCUT2D eigenvalue weighted by atomic mass is 10.1. The van der Waals surface area contributed by atoms with E-state index in [0.717, 1.165) is 11.1 Å². The maximum atomic E-state index is 14.1. The van der Waals surface area contributed by atoms with Gasteiger partial charge in [-0.3, -0.25) is 9.59 Å². The molecule has 0 aliphatic rings. The Morgan fingerprint density at radius 1 is 0.854 bits per heavy atom. The predicted octanol–water partition coefficient (Wildman–Crippen LogP) is 6.43. The molecule has 0 unspecified atom stereocenters. The molecule has 0 fully saturated rings. The highest BCUT2D eigenvalue weighted by Crippen LogP contribution is 2.40. The molecule has 0 aliphatic heterocycles. The van der Waals surface area contributed by atoms with Crippen molar-refractivity contribution >= 4 is 39.8 Å². The molecule has 0 spiro atoms. The Balaban J connectivity index is 1.63. The second kappa shape index (κ2) is 15.9. The van der Waals surface area contributed by atoms with E-state index in [4.69, 9.17) is 23.7 Å². The highest BCUT2D eigenvalue weighted by Gasteiger charge is 2.26. The minimum absolute atomic E-state index is 0.0197. The van der Waals surface area contributed by atoms with Crippen molar-refractivity contribution < 1.29 is 38.1 Å². The maximum Gasteiger partial charge on any atom is 0.515 e. The molecule has 0 N–H and O–H groups in total. The molecule has 0 saturated carbocycles. The highest BCUT2D eigenvalue weighted by molar-refractivity contribution is 6.13. The number of nitrogens with zero attached hydrogens (tertiary/aromatic N) is 3. The Bertz CT molecular complexity index is 1870. The standard InChI is InChI=1S/C37H39N3O8/c1-5-45-33(42)22-39(20-26-13-8-6-9-14-26)32(41)21-40-29-17-12-18-31(46-23-27-15-10-7-11-16-27)35(29)34-28(24-44-4)36(38-19-30(34)40)48-37(43)47-25(2)3/h6-19,25H,5,20-24H2,1-4H3. The Morgan fingerprint density at radius 3 is 2.23 bits per heavy atom. The summed E-state index contributed by atoms with van der Waals surface area (Å²) < 4.78 is 29.8. The van der Waals surface area contributed by atoms with Gasteiger partial charge >= 0.3 is 12.1 Å². The zero-order valence-corrected chi connectivity index (χ0v) is 27.5. The number of esters is 1. The summed E-state index contributed by atoms with van der Waals surface area (Å²) in [7, 11) is 1.53. The van der Waals surface area contributed by atoms with Gasteiger partial charge in [-0.25, -0.2) is 9.78 Å².